The summed E-state index contributed by atoms with van der Waals surface area (Å²) in [4.78, 5) is 20.4. The van der Waals surface area contributed by atoms with Crippen molar-refractivity contribution in [3.05, 3.63) is 52.3 Å². The van der Waals surface area contributed by atoms with Gasteiger partial charge >= 0.3 is 0 Å². The number of aldehydes is 1. The standard InChI is InChI=1S/C19H22BrN5O2/c20-18-4-1-3-15(23-18)12-25-17-11-14(13-27)5-6-16(17)24-19(25)22-8-2-7-21-9-10-26/h1,3-6,11,13,21,26H,2,7-10,12H2,(H,22,24). The van der Waals surface area contributed by atoms with Gasteiger partial charge in [-0.2, -0.15) is 0 Å². The number of aromatic nitrogens is 3. The molecule has 3 N–H and O–H groups in total. The van der Waals surface area contributed by atoms with Gasteiger partial charge in [0.1, 0.15) is 10.9 Å². The molecule has 142 valence electrons. The van der Waals surface area contributed by atoms with E-state index >= 15 is 0 Å². The minimum atomic E-state index is 0.141. The Labute approximate surface area is 166 Å². The van der Waals surface area contributed by atoms with E-state index in [4.69, 9.17) is 5.11 Å². The molecule has 3 rings (SSSR count). The van der Waals surface area contributed by atoms with Crippen LogP contribution in [0.1, 0.15) is 22.5 Å². The second kappa shape index (κ2) is 9.59. The first-order valence-electron chi connectivity index (χ1n) is 8.83. The molecule has 0 fully saturated rings. The Morgan fingerprint density at radius 1 is 1.15 bits per heavy atom. The Morgan fingerprint density at radius 3 is 2.81 bits per heavy atom. The lowest BCUT2D eigenvalue weighted by molar-refractivity contribution is 0.112. The highest BCUT2D eigenvalue weighted by Gasteiger charge is 2.12. The van der Waals surface area contributed by atoms with E-state index in [2.05, 4.69) is 36.5 Å². The maximum atomic E-state index is 11.2. The van der Waals surface area contributed by atoms with E-state index in [0.29, 0.717) is 18.7 Å². The number of pyridine rings is 1. The molecule has 2 aromatic heterocycles. The van der Waals surface area contributed by atoms with E-state index < -0.39 is 0 Å². The number of nitrogens with zero attached hydrogens (tertiary/aromatic N) is 3. The number of aliphatic hydroxyl groups is 1. The molecule has 0 amide bonds. The number of carbonyl (C=O) groups is 1. The number of anilines is 1. The molecule has 0 atom stereocenters. The summed E-state index contributed by atoms with van der Waals surface area (Å²) in [5.41, 5.74) is 3.23. The van der Waals surface area contributed by atoms with Crippen LogP contribution in [0.25, 0.3) is 11.0 Å². The number of carbonyl (C=O) groups excluding carboxylic acids is 1. The number of fused-ring (bicyclic) bond motifs is 1. The summed E-state index contributed by atoms with van der Waals surface area (Å²) >= 11 is 3.41. The lowest BCUT2D eigenvalue weighted by Gasteiger charge is -2.11. The molecular formula is C19H22BrN5O2. The highest BCUT2D eigenvalue weighted by Crippen LogP contribution is 2.22. The Bertz CT molecular complexity index is 912. The van der Waals surface area contributed by atoms with Crippen molar-refractivity contribution in [3.8, 4) is 0 Å². The van der Waals surface area contributed by atoms with Gasteiger partial charge < -0.3 is 20.3 Å². The zero-order valence-corrected chi connectivity index (χ0v) is 16.4. The summed E-state index contributed by atoms with van der Waals surface area (Å²) < 4.78 is 2.82. The first-order chi connectivity index (χ1) is 13.2. The van der Waals surface area contributed by atoms with Crippen molar-refractivity contribution in [2.45, 2.75) is 13.0 Å². The van der Waals surface area contributed by atoms with Crippen LogP contribution < -0.4 is 10.6 Å². The first-order valence-corrected chi connectivity index (χ1v) is 9.63. The second-order valence-electron chi connectivity index (χ2n) is 6.09. The third kappa shape index (κ3) is 5.12. The molecule has 3 aromatic rings. The van der Waals surface area contributed by atoms with E-state index in [-0.39, 0.29) is 6.61 Å². The van der Waals surface area contributed by atoms with Gasteiger partial charge in [0.25, 0.3) is 0 Å². The molecule has 0 spiro atoms. The monoisotopic (exact) mass is 431 g/mol. The zero-order chi connectivity index (χ0) is 19.1. The van der Waals surface area contributed by atoms with Crippen LogP contribution in [0.3, 0.4) is 0 Å². The fourth-order valence-corrected chi connectivity index (χ4v) is 3.21. The highest BCUT2D eigenvalue weighted by atomic mass is 79.9. The number of benzene rings is 1. The minimum Gasteiger partial charge on any atom is -0.395 e. The van der Waals surface area contributed by atoms with Crippen LogP contribution in [0.4, 0.5) is 5.95 Å². The van der Waals surface area contributed by atoms with Crippen LogP contribution in [0.15, 0.2) is 41.0 Å². The average Bonchev–Trinajstić information content (AvgIpc) is 3.01. The quantitative estimate of drug-likeness (QED) is 0.259. The van der Waals surface area contributed by atoms with Crippen LogP contribution in [-0.4, -0.2) is 52.2 Å². The Morgan fingerprint density at radius 2 is 2.04 bits per heavy atom. The van der Waals surface area contributed by atoms with Crippen molar-refractivity contribution >= 4 is 39.2 Å². The smallest absolute Gasteiger partial charge is 0.204 e. The summed E-state index contributed by atoms with van der Waals surface area (Å²) in [5.74, 6) is 0.747. The molecule has 7 nitrogen and oxygen atoms in total. The normalized spacial score (nSPS) is 11.0. The predicted octanol–water partition coefficient (Wildman–Crippen LogP) is 2.44. The fourth-order valence-electron chi connectivity index (χ4n) is 2.83. The van der Waals surface area contributed by atoms with Crippen LogP contribution in [0.5, 0.6) is 0 Å². The molecule has 1 aromatic carbocycles. The van der Waals surface area contributed by atoms with Gasteiger partial charge in [-0.1, -0.05) is 6.07 Å². The Hall–Kier alpha value is -2.29. The van der Waals surface area contributed by atoms with Crippen LogP contribution in [0.2, 0.25) is 0 Å². The lowest BCUT2D eigenvalue weighted by atomic mass is 10.2. The number of hydrogen-bond donors (Lipinski definition) is 3. The third-order valence-corrected chi connectivity index (χ3v) is 4.54. The van der Waals surface area contributed by atoms with Gasteiger partial charge in [-0.25, -0.2) is 9.97 Å². The SMILES string of the molecule is O=Cc1ccc2nc(NCCCNCCO)n(Cc3cccc(Br)n3)c2c1. The summed E-state index contributed by atoms with van der Waals surface area (Å²) in [7, 11) is 0. The maximum absolute atomic E-state index is 11.2. The van der Waals surface area contributed by atoms with Crippen molar-refractivity contribution < 1.29 is 9.90 Å². The molecule has 0 saturated carbocycles. The summed E-state index contributed by atoms with van der Waals surface area (Å²) in [6, 6.07) is 11.3. The average molecular weight is 432 g/mol. The van der Waals surface area contributed by atoms with Crippen molar-refractivity contribution in [2.75, 3.05) is 31.6 Å². The van der Waals surface area contributed by atoms with Crippen molar-refractivity contribution in [3.63, 3.8) is 0 Å². The summed E-state index contributed by atoms with van der Waals surface area (Å²) in [5, 5.41) is 15.3. The molecule has 2 heterocycles. The molecule has 0 aliphatic carbocycles. The second-order valence-corrected chi connectivity index (χ2v) is 6.91. The third-order valence-electron chi connectivity index (χ3n) is 4.10. The molecule has 0 radical (unpaired) electrons. The number of nitrogens with one attached hydrogen (secondary N) is 2. The van der Waals surface area contributed by atoms with Gasteiger partial charge in [0.15, 0.2) is 0 Å². The number of aliphatic hydroxyl groups excluding tert-OH is 1. The molecule has 0 bridgehead atoms. The van der Waals surface area contributed by atoms with Gasteiger partial charge in [-0.3, -0.25) is 4.79 Å². The minimum absolute atomic E-state index is 0.141. The molecule has 27 heavy (non-hydrogen) atoms. The van der Waals surface area contributed by atoms with Crippen molar-refractivity contribution in [1.29, 1.82) is 0 Å². The molecule has 8 heteroatoms. The van der Waals surface area contributed by atoms with Crippen LogP contribution in [-0.2, 0) is 6.54 Å². The number of hydrogen-bond acceptors (Lipinski definition) is 6. The predicted molar refractivity (Wildman–Crippen MR) is 109 cm³/mol. The van der Waals surface area contributed by atoms with Crippen molar-refractivity contribution in [1.82, 2.24) is 19.9 Å². The molecule has 0 aliphatic heterocycles. The van der Waals surface area contributed by atoms with Gasteiger partial charge in [0, 0.05) is 18.7 Å². The van der Waals surface area contributed by atoms with E-state index in [1.807, 2.05) is 34.9 Å². The molecular weight excluding hydrogens is 410 g/mol. The van der Waals surface area contributed by atoms with Crippen molar-refractivity contribution in [2.24, 2.45) is 0 Å². The van der Waals surface area contributed by atoms with Gasteiger partial charge in [0.2, 0.25) is 5.95 Å². The van der Waals surface area contributed by atoms with Crippen LogP contribution in [0, 0.1) is 0 Å². The first kappa shape index (κ1) is 19.5. The number of imidazole rings is 1. The zero-order valence-electron chi connectivity index (χ0n) is 14.9. The Kier molecular flexibility index (Phi) is 6.92. The fraction of sp³-hybridized carbons (Fsp3) is 0.316. The summed E-state index contributed by atoms with van der Waals surface area (Å²) in [6.07, 6.45) is 1.74. The van der Waals surface area contributed by atoms with Gasteiger partial charge in [0.05, 0.1) is 29.9 Å². The van der Waals surface area contributed by atoms with Crippen LogP contribution >= 0.6 is 15.9 Å². The van der Waals surface area contributed by atoms with E-state index in [0.717, 1.165) is 53.1 Å². The number of rotatable bonds is 10. The molecule has 0 saturated heterocycles. The highest BCUT2D eigenvalue weighted by molar-refractivity contribution is 9.10. The molecule has 0 aliphatic rings. The van der Waals surface area contributed by atoms with E-state index in [1.54, 1.807) is 6.07 Å². The molecule has 0 unspecified atom stereocenters. The van der Waals surface area contributed by atoms with Gasteiger partial charge in [-0.15, -0.1) is 0 Å². The number of halogens is 1. The Balaban J connectivity index is 1.83. The van der Waals surface area contributed by atoms with E-state index in [1.165, 1.54) is 0 Å². The van der Waals surface area contributed by atoms with E-state index in [9.17, 15) is 4.79 Å². The largest absolute Gasteiger partial charge is 0.395 e. The lowest BCUT2D eigenvalue weighted by Crippen LogP contribution is -2.21. The topological polar surface area (TPSA) is 92.1 Å². The van der Waals surface area contributed by atoms with Gasteiger partial charge in [-0.05, 0) is 59.2 Å². The summed E-state index contributed by atoms with van der Waals surface area (Å²) in [6.45, 7) is 2.84. The maximum Gasteiger partial charge on any atom is 0.204 e.